The number of anilines is 1. The summed E-state index contributed by atoms with van der Waals surface area (Å²) in [5.74, 6) is -0.264. The van der Waals surface area contributed by atoms with Crippen LogP contribution in [0.5, 0.6) is 5.75 Å². The highest BCUT2D eigenvalue weighted by molar-refractivity contribution is 5.74. The van der Waals surface area contributed by atoms with E-state index in [1.165, 1.54) is 37.4 Å². The summed E-state index contributed by atoms with van der Waals surface area (Å²) < 4.78 is 43.8. The third-order valence-corrected chi connectivity index (χ3v) is 2.98. The number of rotatable bonds is 2. The standard InChI is InChI=1S/C15H11F3N2O/c1-21-14-5-2-9(7-13(14)15(16,17)18)12-4-3-11(20)6-10(12)8-19/h2-7H,20H2,1H3. The highest BCUT2D eigenvalue weighted by Gasteiger charge is 2.34. The number of nitrogens with two attached hydrogens (primary N) is 1. The number of hydrogen-bond donors (Lipinski definition) is 1. The van der Waals surface area contributed by atoms with Crippen LogP contribution in [0.15, 0.2) is 36.4 Å². The fourth-order valence-electron chi connectivity index (χ4n) is 2.00. The largest absolute Gasteiger partial charge is 0.496 e. The zero-order valence-corrected chi connectivity index (χ0v) is 11.0. The molecular formula is C15H11F3N2O. The molecule has 0 aromatic heterocycles. The van der Waals surface area contributed by atoms with E-state index in [0.29, 0.717) is 11.3 Å². The molecule has 3 nitrogen and oxygen atoms in total. The van der Waals surface area contributed by atoms with Crippen LogP contribution in [-0.2, 0) is 6.18 Å². The van der Waals surface area contributed by atoms with Crippen LogP contribution in [0, 0.1) is 11.3 Å². The number of nitriles is 1. The smallest absolute Gasteiger partial charge is 0.419 e. The molecule has 0 saturated heterocycles. The van der Waals surface area contributed by atoms with E-state index < -0.39 is 11.7 Å². The second-order valence-corrected chi connectivity index (χ2v) is 4.33. The van der Waals surface area contributed by atoms with Crippen molar-refractivity contribution < 1.29 is 17.9 Å². The van der Waals surface area contributed by atoms with Gasteiger partial charge in [0.25, 0.3) is 0 Å². The maximum atomic E-state index is 13.0. The molecule has 0 radical (unpaired) electrons. The molecule has 2 aromatic rings. The molecule has 0 amide bonds. The highest BCUT2D eigenvalue weighted by Crippen LogP contribution is 2.39. The van der Waals surface area contributed by atoms with E-state index in [-0.39, 0.29) is 16.9 Å². The SMILES string of the molecule is COc1ccc(-c2ccc(N)cc2C#N)cc1C(F)(F)F. The molecule has 0 unspecified atom stereocenters. The van der Waals surface area contributed by atoms with Gasteiger partial charge in [0.2, 0.25) is 0 Å². The first-order chi connectivity index (χ1) is 9.86. The Kier molecular flexibility index (Phi) is 3.76. The molecule has 0 aliphatic heterocycles. The van der Waals surface area contributed by atoms with Gasteiger partial charge in [0.05, 0.1) is 24.3 Å². The van der Waals surface area contributed by atoms with E-state index in [1.807, 2.05) is 6.07 Å². The molecule has 0 atom stereocenters. The van der Waals surface area contributed by atoms with Crippen LogP contribution < -0.4 is 10.5 Å². The fraction of sp³-hybridized carbons (Fsp3) is 0.133. The lowest BCUT2D eigenvalue weighted by Crippen LogP contribution is -2.07. The van der Waals surface area contributed by atoms with Gasteiger partial charge in [0, 0.05) is 5.69 Å². The fourth-order valence-corrected chi connectivity index (χ4v) is 2.00. The number of nitrogens with zero attached hydrogens (tertiary/aromatic N) is 1. The van der Waals surface area contributed by atoms with Gasteiger partial charge < -0.3 is 10.5 Å². The van der Waals surface area contributed by atoms with E-state index >= 15 is 0 Å². The first-order valence-electron chi connectivity index (χ1n) is 5.92. The van der Waals surface area contributed by atoms with Crippen molar-refractivity contribution in [3.05, 3.63) is 47.5 Å². The Bertz CT molecular complexity index is 718. The minimum Gasteiger partial charge on any atom is -0.496 e. The van der Waals surface area contributed by atoms with Gasteiger partial charge in [-0.3, -0.25) is 0 Å². The Labute approximate surface area is 119 Å². The summed E-state index contributed by atoms with van der Waals surface area (Å²) in [6.45, 7) is 0. The second kappa shape index (κ2) is 5.37. The Morgan fingerprint density at radius 3 is 2.43 bits per heavy atom. The van der Waals surface area contributed by atoms with Crippen LogP contribution in [0.25, 0.3) is 11.1 Å². The van der Waals surface area contributed by atoms with Crippen LogP contribution in [0.4, 0.5) is 18.9 Å². The predicted octanol–water partition coefficient (Wildman–Crippen LogP) is 3.83. The lowest BCUT2D eigenvalue weighted by Gasteiger charge is -2.14. The van der Waals surface area contributed by atoms with Crippen molar-refractivity contribution in [1.29, 1.82) is 5.26 Å². The van der Waals surface area contributed by atoms with Crippen LogP contribution >= 0.6 is 0 Å². The van der Waals surface area contributed by atoms with E-state index in [2.05, 4.69) is 0 Å². The van der Waals surface area contributed by atoms with E-state index in [9.17, 15) is 13.2 Å². The summed E-state index contributed by atoms with van der Waals surface area (Å²) in [5.41, 5.74) is 5.95. The quantitative estimate of drug-likeness (QED) is 0.856. The zero-order valence-electron chi connectivity index (χ0n) is 11.0. The minimum atomic E-state index is -4.54. The number of hydrogen-bond acceptors (Lipinski definition) is 3. The molecule has 0 bridgehead atoms. The average Bonchev–Trinajstić information content (AvgIpc) is 2.45. The average molecular weight is 292 g/mol. The molecule has 0 aliphatic rings. The van der Waals surface area contributed by atoms with Gasteiger partial charge in [0.1, 0.15) is 5.75 Å². The second-order valence-electron chi connectivity index (χ2n) is 4.33. The summed E-state index contributed by atoms with van der Waals surface area (Å²) in [6.07, 6.45) is -4.54. The van der Waals surface area contributed by atoms with Gasteiger partial charge >= 0.3 is 6.18 Å². The first kappa shape index (κ1) is 14.7. The van der Waals surface area contributed by atoms with Crippen molar-refractivity contribution in [3.63, 3.8) is 0 Å². The zero-order chi connectivity index (χ0) is 15.6. The molecule has 6 heteroatoms. The van der Waals surface area contributed by atoms with E-state index in [0.717, 1.165) is 6.07 Å². The topological polar surface area (TPSA) is 59.0 Å². The van der Waals surface area contributed by atoms with Gasteiger partial charge in [0.15, 0.2) is 0 Å². The van der Waals surface area contributed by atoms with Crippen molar-refractivity contribution in [2.24, 2.45) is 0 Å². The van der Waals surface area contributed by atoms with Gasteiger partial charge in [-0.1, -0.05) is 12.1 Å². The summed E-state index contributed by atoms with van der Waals surface area (Å²) in [5, 5.41) is 9.08. The lowest BCUT2D eigenvalue weighted by atomic mass is 9.97. The molecule has 2 aromatic carbocycles. The molecule has 108 valence electrons. The number of alkyl halides is 3. The third kappa shape index (κ3) is 2.92. The summed E-state index contributed by atoms with van der Waals surface area (Å²) in [4.78, 5) is 0. The van der Waals surface area contributed by atoms with Crippen molar-refractivity contribution in [1.82, 2.24) is 0 Å². The Hall–Kier alpha value is -2.68. The third-order valence-electron chi connectivity index (χ3n) is 2.98. The summed E-state index contributed by atoms with van der Waals surface area (Å²) in [7, 11) is 1.17. The summed E-state index contributed by atoms with van der Waals surface area (Å²) in [6, 6.07) is 10.1. The normalized spacial score (nSPS) is 11.0. The maximum absolute atomic E-state index is 13.0. The number of nitrogen functional groups attached to an aromatic ring is 1. The first-order valence-corrected chi connectivity index (χ1v) is 5.92. The van der Waals surface area contributed by atoms with Gasteiger partial charge in [-0.15, -0.1) is 0 Å². The highest BCUT2D eigenvalue weighted by atomic mass is 19.4. The number of ether oxygens (including phenoxy) is 1. The molecule has 0 saturated carbocycles. The van der Waals surface area contributed by atoms with Gasteiger partial charge in [-0.25, -0.2) is 0 Å². The molecule has 0 spiro atoms. The molecule has 0 heterocycles. The Morgan fingerprint density at radius 2 is 1.86 bits per heavy atom. The van der Waals surface area contributed by atoms with Gasteiger partial charge in [-0.05, 0) is 35.4 Å². The van der Waals surface area contributed by atoms with Crippen LogP contribution in [-0.4, -0.2) is 7.11 Å². The molecule has 2 N–H and O–H groups in total. The number of methoxy groups -OCH3 is 1. The lowest BCUT2D eigenvalue weighted by molar-refractivity contribution is -0.138. The maximum Gasteiger partial charge on any atom is 0.419 e. The molecule has 0 aliphatic carbocycles. The molecule has 2 rings (SSSR count). The number of benzene rings is 2. The monoisotopic (exact) mass is 292 g/mol. The van der Waals surface area contributed by atoms with E-state index in [4.69, 9.17) is 15.7 Å². The van der Waals surface area contributed by atoms with Crippen LogP contribution in [0.3, 0.4) is 0 Å². The van der Waals surface area contributed by atoms with Crippen molar-refractivity contribution in [2.75, 3.05) is 12.8 Å². The molecule has 21 heavy (non-hydrogen) atoms. The minimum absolute atomic E-state index is 0.216. The summed E-state index contributed by atoms with van der Waals surface area (Å²) >= 11 is 0. The van der Waals surface area contributed by atoms with E-state index in [1.54, 1.807) is 0 Å². The van der Waals surface area contributed by atoms with Crippen LogP contribution in [0.1, 0.15) is 11.1 Å². The molecule has 0 fully saturated rings. The van der Waals surface area contributed by atoms with Crippen molar-refractivity contribution >= 4 is 5.69 Å². The van der Waals surface area contributed by atoms with Crippen molar-refractivity contribution in [3.8, 4) is 22.9 Å². The van der Waals surface area contributed by atoms with Crippen molar-refractivity contribution in [2.45, 2.75) is 6.18 Å². The Balaban J connectivity index is 2.64. The number of halogens is 3. The predicted molar refractivity (Wildman–Crippen MR) is 72.6 cm³/mol. The Morgan fingerprint density at radius 1 is 1.14 bits per heavy atom. The van der Waals surface area contributed by atoms with Gasteiger partial charge in [-0.2, -0.15) is 18.4 Å². The van der Waals surface area contributed by atoms with Crippen LogP contribution in [0.2, 0.25) is 0 Å². The molecular weight excluding hydrogens is 281 g/mol.